The number of carbonyl (C=O) groups is 1. The molecule has 0 saturated carbocycles. The fourth-order valence-electron chi connectivity index (χ4n) is 1.52. The number of ether oxygens (including phenoxy) is 1. The Hall–Kier alpha value is -2.03. The van der Waals surface area contributed by atoms with Crippen molar-refractivity contribution in [2.24, 2.45) is 0 Å². The molecule has 0 unspecified atom stereocenters. The summed E-state index contributed by atoms with van der Waals surface area (Å²) >= 11 is 9.30. The number of benzene rings is 2. The van der Waals surface area contributed by atoms with E-state index < -0.39 is 5.97 Å². The molecule has 2 aromatic carbocycles. The summed E-state index contributed by atoms with van der Waals surface area (Å²) in [5.41, 5.74) is 0.152. The van der Waals surface area contributed by atoms with E-state index in [0.29, 0.717) is 10.8 Å². The summed E-state index contributed by atoms with van der Waals surface area (Å²) in [6.07, 6.45) is 0. The molecule has 0 aliphatic heterocycles. The van der Waals surface area contributed by atoms with Gasteiger partial charge in [-0.05, 0) is 36.4 Å². The van der Waals surface area contributed by atoms with Crippen LogP contribution in [0.2, 0.25) is 5.02 Å². The van der Waals surface area contributed by atoms with Gasteiger partial charge in [-0.3, -0.25) is 0 Å². The monoisotopic (exact) mass is 351 g/mol. The highest BCUT2D eigenvalue weighted by molar-refractivity contribution is 9.10. The van der Waals surface area contributed by atoms with Gasteiger partial charge in [-0.1, -0.05) is 27.5 Å². The van der Waals surface area contributed by atoms with Gasteiger partial charge < -0.3 is 9.84 Å². The Morgan fingerprint density at radius 3 is 2.55 bits per heavy atom. The maximum Gasteiger partial charge on any atom is 0.335 e. The second kappa shape index (κ2) is 5.95. The van der Waals surface area contributed by atoms with Crippen molar-refractivity contribution >= 4 is 33.5 Å². The summed E-state index contributed by atoms with van der Waals surface area (Å²) in [7, 11) is 0. The van der Waals surface area contributed by atoms with Gasteiger partial charge in [-0.2, -0.15) is 5.26 Å². The molecule has 4 nitrogen and oxygen atoms in total. The molecule has 0 radical (unpaired) electrons. The summed E-state index contributed by atoms with van der Waals surface area (Å²) < 4.78 is 6.36. The van der Waals surface area contributed by atoms with Gasteiger partial charge in [0.05, 0.1) is 16.1 Å². The van der Waals surface area contributed by atoms with Crippen molar-refractivity contribution in [1.82, 2.24) is 0 Å². The third-order valence-electron chi connectivity index (χ3n) is 2.46. The molecule has 2 aromatic rings. The van der Waals surface area contributed by atoms with E-state index in [0.717, 1.165) is 4.47 Å². The third-order valence-corrected chi connectivity index (χ3v) is 3.25. The highest BCUT2D eigenvalue weighted by atomic mass is 79.9. The topological polar surface area (TPSA) is 70.3 Å². The van der Waals surface area contributed by atoms with E-state index >= 15 is 0 Å². The second-order valence-corrected chi connectivity index (χ2v) is 5.13. The predicted molar refractivity (Wildman–Crippen MR) is 77.3 cm³/mol. The van der Waals surface area contributed by atoms with Crippen LogP contribution in [0.3, 0.4) is 0 Å². The first kappa shape index (κ1) is 14.4. The molecule has 0 aromatic heterocycles. The van der Waals surface area contributed by atoms with Crippen LogP contribution in [0, 0.1) is 11.3 Å². The summed E-state index contributed by atoms with van der Waals surface area (Å²) in [6, 6.07) is 11.0. The molecule has 0 aliphatic rings. The van der Waals surface area contributed by atoms with Gasteiger partial charge in [0.25, 0.3) is 0 Å². The first-order valence-corrected chi connectivity index (χ1v) is 6.58. The molecule has 0 heterocycles. The van der Waals surface area contributed by atoms with E-state index in [1.54, 1.807) is 18.2 Å². The van der Waals surface area contributed by atoms with Crippen LogP contribution in [0.4, 0.5) is 0 Å². The number of carboxylic acids is 1. The van der Waals surface area contributed by atoms with Crippen LogP contribution in [-0.4, -0.2) is 11.1 Å². The zero-order valence-corrected chi connectivity index (χ0v) is 12.3. The van der Waals surface area contributed by atoms with Crippen LogP contribution in [0.1, 0.15) is 15.9 Å². The number of carboxylic acid groups (broad SMARTS) is 1. The highest BCUT2D eigenvalue weighted by Crippen LogP contribution is 2.33. The lowest BCUT2D eigenvalue weighted by atomic mass is 10.1. The van der Waals surface area contributed by atoms with E-state index in [1.807, 2.05) is 6.07 Å². The maximum atomic E-state index is 10.9. The van der Waals surface area contributed by atoms with Crippen LogP contribution < -0.4 is 4.74 Å². The molecule has 0 atom stereocenters. The van der Waals surface area contributed by atoms with Gasteiger partial charge in [0.2, 0.25) is 0 Å². The minimum Gasteiger partial charge on any atom is -0.478 e. The van der Waals surface area contributed by atoms with Gasteiger partial charge in [-0.15, -0.1) is 0 Å². The fraction of sp³-hybridized carbons (Fsp3) is 0. The quantitative estimate of drug-likeness (QED) is 0.885. The maximum absolute atomic E-state index is 10.9. The fourth-order valence-corrected chi connectivity index (χ4v) is 2.23. The normalized spacial score (nSPS) is 9.85. The molecule has 0 fully saturated rings. The van der Waals surface area contributed by atoms with E-state index in [1.165, 1.54) is 18.2 Å². The zero-order valence-electron chi connectivity index (χ0n) is 9.93. The number of aromatic carboxylic acids is 1. The number of nitriles is 1. The first-order valence-electron chi connectivity index (χ1n) is 5.41. The van der Waals surface area contributed by atoms with Crippen LogP contribution in [0.25, 0.3) is 0 Å². The molecule has 1 N–H and O–H groups in total. The molecule has 2 rings (SSSR count). The van der Waals surface area contributed by atoms with Gasteiger partial charge in [-0.25, -0.2) is 4.79 Å². The Morgan fingerprint density at radius 1 is 1.25 bits per heavy atom. The Kier molecular flexibility index (Phi) is 4.28. The van der Waals surface area contributed by atoms with Crippen LogP contribution >= 0.6 is 27.5 Å². The third kappa shape index (κ3) is 3.10. The van der Waals surface area contributed by atoms with E-state index in [4.69, 9.17) is 26.7 Å². The second-order valence-electron chi connectivity index (χ2n) is 3.80. The molecule has 0 saturated heterocycles. The molecule has 0 bridgehead atoms. The van der Waals surface area contributed by atoms with Crippen LogP contribution in [0.15, 0.2) is 40.9 Å². The average Bonchev–Trinajstić information content (AvgIpc) is 2.42. The SMILES string of the molecule is N#Cc1cc(C(=O)O)ccc1Oc1ccc(Br)cc1Cl. The highest BCUT2D eigenvalue weighted by Gasteiger charge is 2.11. The van der Waals surface area contributed by atoms with Gasteiger partial charge in [0.1, 0.15) is 17.6 Å². The van der Waals surface area contributed by atoms with Crippen LogP contribution in [-0.2, 0) is 0 Å². The number of halogens is 2. The molecule has 0 amide bonds. The predicted octanol–water partition coefficient (Wildman–Crippen LogP) is 4.46. The molecular formula is C14H7BrClNO3. The molecular weight excluding hydrogens is 346 g/mol. The van der Waals surface area contributed by atoms with Gasteiger partial charge in [0.15, 0.2) is 0 Å². The Morgan fingerprint density at radius 2 is 1.95 bits per heavy atom. The van der Waals surface area contributed by atoms with E-state index in [-0.39, 0.29) is 16.9 Å². The molecule has 0 spiro atoms. The Labute approximate surface area is 128 Å². The summed E-state index contributed by atoms with van der Waals surface area (Å²) in [6.45, 7) is 0. The van der Waals surface area contributed by atoms with Crippen molar-refractivity contribution in [2.75, 3.05) is 0 Å². The smallest absolute Gasteiger partial charge is 0.335 e. The lowest BCUT2D eigenvalue weighted by Crippen LogP contribution is -1.98. The minimum atomic E-state index is -1.10. The van der Waals surface area contributed by atoms with Crippen molar-refractivity contribution in [1.29, 1.82) is 5.26 Å². The molecule has 0 aliphatic carbocycles. The summed E-state index contributed by atoms with van der Waals surface area (Å²) in [4.78, 5) is 10.9. The van der Waals surface area contributed by atoms with Crippen molar-refractivity contribution < 1.29 is 14.6 Å². The van der Waals surface area contributed by atoms with Crippen LogP contribution in [0.5, 0.6) is 11.5 Å². The Bertz CT molecular complexity index is 725. The van der Waals surface area contributed by atoms with Crippen molar-refractivity contribution in [2.45, 2.75) is 0 Å². The zero-order chi connectivity index (χ0) is 14.7. The number of nitrogens with zero attached hydrogens (tertiary/aromatic N) is 1. The van der Waals surface area contributed by atoms with Crippen molar-refractivity contribution in [3.8, 4) is 17.6 Å². The first-order chi connectivity index (χ1) is 9.51. The molecule has 20 heavy (non-hydrogen) atoms. The van der Waals surface area contributed by atoms with Crippen molar-refractivity contribution in [3.63, 3.8) is 0 Å². The lowest BCUT2D eigenvalue weighted by molar-refractivity contribution is 0.0697. The molecule has 100 valence electrons. The van der Waals surface area contributed by atoms with Gasteiger partial charge in [0, 0.05) is 4.47 Å². The Balaban J connectivity index is 2.39. The van der Waals surface area contributed by atoms with Gasteiger partial charge >= 0.3 is 5.97 Å². The largest absolute Gasteiger partial charge is 0.478 e. The number of hydrogen-bond acceptors (Lipinski definition) is 3. The summed E-state index contributed by atoms with van der Waals surface area (Å²) in [5, 5.41) is 18.3. The summed E-state index contributed by atoms with van der Waals surface area (Å²) in [5.74, 6) is -0.467. The average molecular weight is 353 g/mol. The van der Waals surface area contributed by atoms with E-state index in [2.05, 4.69) is 15.9 Å². The number of hydrogen-bond donors (Lipinski definition) is 1. The standard InChI is InChI=1S/C14H7BrClNO3/c15-10-2-4-13(11(16)6-10)20-12-3-1-8(14(18)19)5-9(12)7-17/h1-6H,(H,18,19). The van der Waals surface area contributed by atoms with Crippen molar-refractivity contribution in [3.05, 3.63) is 57.0 Å². The van der Waals surface area contributed by atoms with E-state index in [9.17, 15) is 4.79 Å². The lowest BCUT2D eigenvalue weighted by Gasteiger charge is -2.09. The minimum absolute atomic E-state index is 0.0239. The molecule has 6 heteroatoms. The number of rotatable bonds is 3.